The largest absolute Gasteiger partial charge is 0.496 e. The Bertz CT molecular complexity index is 908. The van der Waals surface area contributed by atoms with Crippen LogP contribution in [0.5, 0.6) is 5.75 Å². The van der Waals surface area contributed by atoms with E-state index in [4.69, 9.17) is 4.74 Å². The van der Waals surface area contributed by atoms with Gasteiger partial charge in [0, 0.05) is 44.0 Å². The second kappa shape index (κ2) is 10.2. The number of methoxy groups -OCH3 is 1. The third kappa shape index (κ3) is 5.63. The second-order valence-corrected chi connectivity index (χ2v) is 8.63. The fraction of sp³-hybridized carbons (Fsp3) is 0.480. The molecule has 0 unspecified atom stereocenters. The van der Waals surface area contributed by atoms with Gasteiger partial charge in [0.1, 0.15) is 11.6 Å². The van der Waals surface area contributed by atoms with E-state index in [-0.39, 0.29) is 17.8 Å². The van der Waals surface area contributed by atoms with E-state index in [9.17, 15) is 9.18 Å². The van der Waals surface area contributed by atoms with Gasteiger partial charge < -0.3 is 10.1 Å². The highest BCUT2D eigenvalue weighted by Gasteiger charge is 2.27. The molecule has 0 spiro atoms. The van der Waals surface area contributed by atoms with Gasteiger partial charge in [-0.15, -0.1) is 0 Å². The van der Waals surface area contributed by atoms with E-state index in [1.54, 1.807) is 13.2 Å². The van der Waals surface area contributed by atoms with Gasteiger partial charge in [-0.1, -0.05) is 32.0 Å². The molecule has 6 heteroatoms. The second-order valence-electron chi connectivity index (χ2n) is 8.63. The number of halogens is 1. The van der Waals surface area contributed by atoms with Gasteiger partial charge in [0.05, 0.1) is 13.2 Å². The van der Waals surface area contributed by atoms with Gasteiger partial charge in [-0.3, -0.25) is 14.6 Å². The lowest BCUT2D eigenvalue weighted by Crippen LogP contribution is -2.52. The third-order valence-corrected chi connectivity index (χ3v) is 6.15. The normalized spacial score (nSPS) is 16.4. The fourth-order valence-corrected chi connectivity index (χ4v) is 4.16. The summed E-state index contributed by atoms with van der Waals surface area (Å²) < 4.78 is 19.0. The summed E-state index contributed by atoms with van der Waals surface area (Å²) >= 11 is 0. The lowest BCUT2D eigenvalue weighted by Gasteiger charge is -2.37. The summed E-state index contributed by atoms with van der Waals surface area (Å²) in [6, 6.07) is 10.6. The number of para-hydroxylation sites is 1. The minimum Gasteiger partial charge on any atom is -0.496 e. The number of piperazine rings is 1. The molecule has 1 N–H and O–H groups in total. The Kier molecular flexibility index (Phi) is 7.68. The van der Waals surface area contributed by atoms with E-state index < -0.39 is 0 Å². The first kappa shape index (κ1) is 23.2. The van der Waals surface area contributed by atoms with Crippen molar-refractivity contribution >= 4 is 11.6 Å². The number of carbonyl (C=O) groups is 1. The molecular formula is C25H34FN3O2. The van der Waals surface area contributed by atoms with Crippen molar-refractivity contribution in [1.29, 1.82) is 0 Å². The average molecular weight is 428 g/mol. The maximum absolute atomic E-state index is 13.7. The van der Waals surface area contributed by atoms with Crippen LogP contribution in [0.25, 0.3) is 0 Å². The molecule has 168 valence electrons. The Morgan fingerprint density at radius 2 is 1.84 bits per heavy atom. The zero-order chi connectivity index (χ0) is 22.5. The number of hydrogen-bond acceptors (Lipinski definition) is 4. The summed E-state index contributed by atoms with van der Waals surface area (Å²) in [4.78, 5) is 17.5. The SMILES string of the molecule is COc1ccc(F)cc1CN1CCN([C@H](C)C(=O)Nc2c(C)cccc2C(C)C)CC1. The van der Waals surface area contributed by atoms with Crippen LogP contribution in [0, 0.1) is 12.7 Å². The molecular weight excluding hydrogens is 393 g/mol. The number of nitrogens with one attached hydrogen (secondary N) is 1. The van der Waals surface area contributed by atoms with Crippen molar-refractivity contribution in [2.24, 2.45) is 0 Å². The predicted molar refractivity (Wildman–Crippen MR) is 123 cm³/mol. The molecule has 1 aliphatic heterocycles. The van der Waals surface area contributed by atoms with Crippen molar-refractivity contribution in [2.75, 3.05) is 38.6 Å². The molecule has 0 saturated carbocycles. The maximum Gasteiger partial charge on any atom is 0.241 e. The molecule has 1 atom stereocenters. The first-order valence-corrected chi connectivity index (χ1v) is 11.0. The van der Waals surface area contributed by atoms with E-state index in [2.05, 4.69) is 35.0 Å². The lowest BCUT2D eigenvalue weighted by molar-refractivity contribution is -0.121. The molecule has 0 aromatic heterocycles. The highest BCUT2D eigenvalue weighted by Crippen LogP contribution is 2.28. The van der Waals surface area contributed by atoms with E-state index >= 15 is 0 Å². The number of benzene rings is 2. The van der Waals surface area contributed by atoms with E-state index in [1.807, 2.05) is 26.0 Å². The molecule has 1 saturated heterocycles. The Morgan fingerprint density at radius 3 is 2.48 bits per heavy atom. The van der Waals surface area contributed by atoms with Gasteiger partial charge in [0.25, 0.3) is 0 Å². The highest BCUT2D eigenvalue weighted by atomic mass is 19.1. The van der Waals surface area contributed by atoms with E-state index in [0.717, 1.165) is 48.6 Å². The molecule has 2 aromatic carbocycles. The smallest absolute Gasteiger partial charge is 0.241 e. The third-order valence-electron chi connectivity index (χ3n) is 6.15. The molecule has 1 amide bonds. The minimum absolute atomic E-state index is 0.0245. The summed E-state index contributed by atoms with van der Waals surface area (Å²) in [5.74, 6) is 0.817. The Morgan fingerprint density at radius 1 is 1.13 bits per heavy atom. The Labute approximate surface area is 185 Å². The highest BCUT2D eigenvalue weighted by molar-refractivity contribution is 5.96. The van der Waals surface area contributed by atoms with Crippen LogP contribution in [0.1, 0.15) is 43.4 Å². The monoisotopic (exact) mass is 427 g/mol. The van der Waals surface area contributed by atoms with Crippen LogP contribution in [0.2, 0.25) is 0 Å². The Hall–Kier alpha value is -2.44. The maximum atomic E-state index is 13.7. The number of rotatable bonds is 7. The molecule has 31 heavy (non-hydrogen) atoms. The molecule has 1 aliphatic rings. The quantitative estimate of drug-likeness (QED) is 0.711. The predicted octanol–water partition coefficient (Wildman–Crippen LogP) is 4.41. The molecule has 2 aromatic rings. The van der Waals surface area contributed by atoms with Gasteiger partial charge in [-0.2, -0.15) is 0 Å². The number of anilines is 1. The van der Waals surface area contributed by atoms with Crippen molar-refractivity contribution in [3.8, 4) is 5.75 Å². The molecule has 1 fully saturated rings. The van der Waals surface area contributed by atoms with Crippen LogP contribution in [0.4, 0.5) is 10.1 Å². The Balaban J connectivity index is 1.59. The molecule has 0 bridgehead atoms. The number of carbonyl (C=O) groups excluding carboxylic acids is 1. The first-order chi connectivity index (χ1) is 14.8. The molecule has 0 aliphatic carbocycles. The zero-order valence-corrected chi connectivity index (χ0v) is 19.2. The van der Waals surface area contributed by atoms with Gasteiger partial charge in [-0.05, 0) is 49.1 Å². The van der Waals surface area contributed by atoms with Crippen LogP contribution < -0.4 is 10.1 Å². The van der Waals surface area contributed by atoms with E-state index in [1.165, 1.54) is 12.1 Å². The van der Waals surface area contributed by atoms with Crippen molar-refractivity contribution in [3.63, 3.8) is 0 Å². The number of aryl methyl sites for hydroxylation is 1. The van der Waals surface area contributed by atoms with Crippen LogP contribution >= 0.6 is 0 Å². The molecule has 1 heterocycles. The average Bonchev–Trinajstić information content (AvgIpc) is 2.75. The van der Waals surface area contributed by atoms with Crippen LogP contribution in [0.15, 0.2) is 36.4 Å². The van der Waals surface area contributed by atoms with Crippen molar-refractivity contribution < 1.29 is 13.9 Å². The van der Waals surface area contributed by atoms with Gasteiger partial charge in [-0.25, -0.2) is 4.39 Å². The topological polar surface area (TPSA) is 44.8 Å². The summed E-state index contributed by atoms with van der Waals surface area (Å²) in [6.07, 6.45) is 0. The minimum atomic E-state index is -0.253. The van der Waals surface area contributed by atoms with Crippen molar-refractivity contribution in [3.05, 3.63) is 58.9 Å². The number of ether oxygens (including phenoxy) is 1. The van der Waals surface area contributed by atoms with Gasteiger partial charge in [0.15, 0.2) is 0 Å². The lowest BCUT2D eigenvalue weighted by atomic mass is 9.98. The number of hydrogen-bond donors (Lipinski definition) is 1. The van der Waals surface area contributed by atoms with Crippen LogP contribution in [0.3, 0.4) is 0 Å². The number of nitrogens with zero attached hydrogens (tertiary/aromatic N) is 2. The van der Waals surface area contributed by atoms with Crippen molar-refractivity contribution in [2.45, 2.75) is 46.2 Å². The van der Waals surface area contributed by atoms with Crippen LogP contribution in [-0.4, -0.2) is 55.0 Å². The van der Waals surface area contributed by atoms with Gasteiger partial charge >= 0.3 is 0 Å². The van der Waals surface area contributed by atoms with E-state index in [0.29, 0.717) is 18.2 Å². The summed E-state index contributed by atoms with van der Waals surface area (Å²) in [5, 5.41) is 3.18. The summed E-state index contributed by atoms with van der Waals surface area (Å²) in [5.41, 5.74) is 4.03. The fourth-order valence-electron chi connectivity index (χ4n) is 4.16. The van der Waals surface area contributed by atoms with Gasteiger partial charge in [0.2, 0.25) is 5.91 Å². The number of amides is 1. The van der Waals surface area contributed by atoms with Crippen molar-refractivity contribution in [1.82, 2.24) is 9.80 Å². The summed E-state index contributed by atoms with van der Waals surface area (Å²) in [6.45, 7) is 12.1. The molecule has 5 nitrogen and oxygen atoms in total. The zero-order valence-electron chi connectivity index (χ0n) is 19.2. The molecule has 3 rings (SSSR count). The summed E-state index contributed by atoms with van der Waals surface area (Å²) in [7, 11) is 1.61. The first-order valence-electron chi connectivity index (χ1n) is 11.0. The van der Waals surface area contributed by atoms with Crippen LogP contribution in [-0.2, 0) is 11.3 Å². The standard InChI is InChI=1S/C25H34FN3O2/c1-17(2)22-8-6-7-18(3)24(22)27-25(30)19(4)29-13-11-28(12-14-29)16-20-15-21(26)9-10-23(20)31-5/h6-10,15,17,19H,11-14,16H2,1-5H3,(H,27,30)/t19-/m1/s1. The molecule has 0 radical (unpaired) electrons.